The Labute approximate surface area is 217 Å². The maximum atomic E-state index is 13.5. The number of pyridine rings is 1. The molecule has 3 aromatic rings. The second-order valence-corrected chi connectivity index (χ2v) is 10.7. The molecule has 0 bridgehead atoms. The summed E-state index contributed by atoms with van der Waals surface area (Å²) >= 11 is 0. The van der Waals surface area contributed by atoms with Crippen LogP contribution in [0.15, 0.2) is 34.0 Å². The van der Waals surface area contributed by atoms with Crippen molar-refractivity contribution in [2.24, 2.45) is 7.05 Å². The number of rotatable bonds is 13. The lowest BCUT2D eigenvalue weighted by atomic mass is 10.1. The summed E-state index contributed by atoms with van der Waals surface area (Å²) in [5, 5.41) is 5.25. The summed E-state index contributed by atoms with van der Waals surface area (Å²) in [5.41, 5.74) is 1.92. The third-order valence-corrected chi connectivity index (χ3v) is 7.92. The monoisotopic (exact) mass is 532 g/mol. The van der Waals surface area contributed by atoms with Gasteiger partial charge in [-0.25, -0.2) is 8.42 Å². The molecule has 10 nitrogen and oxygen atoms in total. The quantitative estimate of drug-likeness (QED) is 0.263. The third-order valence-electron chi connectivity index (χ3n) is 5.95. The largest absolute Gasteiger partial charge is 0.493 e. The first kappa shape index (κ1) is 28.4. The van der Waals surface area contributed by atoms with Gasteiger partial charge in [0.15, 0.2) is 0 Å². The van der Waals surface area contributed by atoms with E-state index in [9.17, 15) is 18.0 Å². The minimum atomic E-state index is -3.86. The van der Waals surface area contributed by atoms with Crippen molar-refractivity contribution >= 4 is 26.9 Å². The van der Waals surface area contributed by atoms with Crippen molar-refractivity contribution in [2.45, 2.75) is 58.3 Å². The fraction of sp³-hybridized carbons (Fsp3) is 0.500. The van der Waals surface area contributed by atoms with Gasteiger partial charge in [-0.2, -0.15) is 9.40 Å². The molecule has 2 aromatic heterocycles. The number of hydrogen-bond donors (Lipinski definition) is 1. The molecule has 0 aliphatic rings. The van der Waals surface area contributed by atoms with Gasteiger partial charge in [-0.15, -0.1) is 0 Å². The molecule has 2 heterocycles. The van der Waals surface area contributed by atoms with Crippen molar-refractivity contribution in [1.82, 2.24) is 19.1 Å². The molecule has 0 saturated heterocycles. The number of nitrogens with zero attached hydrogens (tertiary/aromatic N) is 3. The maximum Gasteiger partial charge on any atom is 0.302 e. The Morgan fingerprint density at radius 1 is 1.14 bits per heavy atom. The molecule has 0 amide bonds. The highest BCUT2D eigenvalue weighted by molar-refractivity contribution is 7.89. The summed E-state index contributed by atoms with van der Waals surface area (Å²) in [6.07, 6.45) is 2.73. The van der Waals surface area contributed by atoms with Crippen LogP contribution >= 0.6 is 0 Å². The molecular formula is C26H36N4O6S. The molecule has 1 aromatic carbocycles. The van der Waals surface area contributed by atoms with E-state index in [4.69, 9.17) is 9.47 Å². The van der Waals surface area contributed by atoms with Crippen molar-refractivity contribution < 1.29 is 22.7 Å². The van der Waals surface area contributed by atoms with Gasteiger partial charge >= 0.3 is 5.97 Å². The number of H-pyrrole nitrogens is 1. The van der Waals surface area contributed by atoms with Crippen molar-refractivity contribution in [3.63, 3.8) is 0 Å². The molecule has 0 spiro atoms. The van der Waals surface area contributed by atoms with Crippen LogP contribution in [-0.4, -0.2) is 59.8 Å². The maximum absolute atomic E-state index is 13.5. The molecule has 0 saturated carbocycles. The lowest BCUT2D eigenvalue weighted by Crippen LogP contribution is -2.32. The third kappa shape index (κ3) is 6.40. The summed E-state index contributed by atoms with van der Waals surface area (Å²) in [7, 11) is -2.12. The van der Waals surface area contributed by atoms with Gasteiger partial charge in [-0.1, -0.05) is 27.2 Å². The number of ether oxygens (including phenoxy) is 2. The zero-order chi connectivity index (χ0) is 27.2. The van der Waals surface area contributed by atoms with E-state index < -0.39 is 16.0 Å². The SMILES string of the molecule is CCCOc1ccc(S(=O)(=O)N(CC)CCCOC(C)=O)cc1-c1cc2c(CCC)nn(C)c2c(=O)[nH]1. The van der Waals surface area contributed by atoms with Crippen LogP contribution in [-0.2, 0) is 33.0 Å². The van der Waals surface area contributed by atoms with Crippen LogP contribution in [0.25, 0.3) is 22.2 Å². The van der Waals surface area contributed by atoms with Gasteiger partial charge < -0.3 is 14.5 Å². The van der Waals surface area contributed by atoms with E-state index in [1.54, 1.807) is 30.8 Å². The van der Waals surface area contributed by atoms with Crippen LogP contribution in [0.5, 0.6) is 5.75 Å². The molecule has 3 rings (SSSR count). The van der Waals surface area contributed by atoms with E-state index in [0.717, 1.165) is 23.9 Å². The van der Waals surface area contributed by atoms with E-state index in [0.29, 0.717) is 42.0 Å². The van der Waals surface area contributed by atoms with Gasteiger partial charge in [0.1, 0.15) is 11.3 Å². The van der Waals surface area contributed by atoms with Crippen LogP contribution in [0.2, 0.25) is 0 Å². The van der Waals surface area contributed by atoms with Gasteiger partial charge in [0.05, 0.1) is 29.5 Å². The summed E-state index contributed by atoms with van der Waals surface area (Å²) in [6, 6.07) is 6.53. The number of aromatic amines is 1. The van der Waals surface area contributed by atoms with Gasteiger partial charge in [0.25, 0.3) is 5.56 Å². The van der Waals surface area contributed by atoms with Crippen molar-refractivity contribution in [3.8, 4) is 17.0 Å². The van der Waals surface area contributed by atoms with Gasteiger partial charge in [-0.3, -0.25) is 14.3 Å². The smallest absolute Gasteiger partial charge is 0.302 e. The molecule has 11 heteroatoms. The zero-order valence-electron chi connectivity index (χ0n) is 22.2. The molecule has 37 heavy (non-hydrogen) atoms. The van der Waals surface area contributed by atoms with E-state index in [2.05, 4.69) is 10.1 Å². The van der Waals surface area contributed by atoms with Crippen LogP contribution < -0.4 is 10.3 Å². The highest BCUT2D eigenvalue weighted by Gasteiger charge is 2.25. The predicted octanol–water partition coefficient (Wildman–Crippen LogP) is 3.63. The summed E-state index contributed by atoms with van der Waals surface area (Å²) in [4.78, 5) is 27.1. The number of benzene rings is 1. The molecular weight excluding hydrogens is 496 g/mol. The number of sulfonamides is 1. The molecule has 0 unspecified atom stereocenters. The van der Waals surface area contributed by atoms with Gasteiger partial charge in [-0.05, 0) is 43.5 Å². The second kappa shape index (κ2) is 12.4. The van der Waals surface area contributed by atoms with Crippen molar-refractivity contribution in [2.75, 3.05) is 26.3 Å². The Balaban J connectivity index is 2.09. The first-order valence-corrected chi connectivity index (χ1v) is 14.1. The molecule has 1 N–H and O–H groups in total. The first-order valence-electron chi connectivity index (χ1n) is 12.6. The molecule has 0 radical (unpaired) electrons. The Bertz CT molecular complexity index is 1410. The van der Waals surface area contributed by atoms with E-state index in [1.807, 2.05) is 19.9 Å². The summed E-state index contributed by atoms with van der Waals surface area (Å²) in [6.45, 7) is 8.14. The van der Waals surface area contributed by atoms with Crippen molar-refractivity contribution in [1.29, 1.82) is 0 Å². The summed E-state index contributed by atoms with van der Waals surface area (Å²) < 4.78 is 40.8. The van der Waals surface area contributed by atoms with Crippen LogP contribution in [0.3, 0.4) is 0 Å². The number of nitrogens with one attached hydrogen (secondary N) is 1. The number of carbonyl (C=O) groups excluding carboxylic acids is 1. The van der Waals surface area contributed by atoms with Gasteiger partial charge in [0.2, 0.25) is 10.0 Å². The molecule has 0 aliphatic heterocycles. The number of hydrogen-bond acceptors (Lipinski definition) is 7. The number of fused-ring (bicyclic) bond motifs is 1. The average Bonchev–Trinajstić information content (AvgIpc) is 3.17. The predicted molar refractivity (Wildman–Crippen MR) is 142 cm³/mol. The average molecular weight is 533 g/mol. The normalized spacial score (nSPS) is 11.8. The van der Waals surface area contributed by atoms with Crippen LogP contribution in [0.4, 0.5) is 0 Å². The molecule has 0 fully saturated rings. The number of aryl methyl sites for hydroxylation is 2. The van der Waals surface area contributed by atoms with Gasteiger partial charge in [0, 0.05) is 38.0 Å². The molecule has 0 atom stereocenters. The van der Waals surface area contributed by atoms with E-state index in [1.165, 1.54) is 17.3 Å². The number of carbonyl (C=O) groups is 1. The Hall–Kier alpha value is -3.18. The molecule has 202 valence electrons. The Morgan fingerprint density at radius 2 is 1.89 bits per heavy atom. The van der Waals surface area contributed by atoms with E-state index in [-0.39, 0.29) is 30.2 Å². The van der Waals surface area contributed by atoms with Crippen LogP contribution in [0, 0.1) is 0 Å². The first-order chi connectivity index (χ1) is 17.6. The van der Waals surface area contributed by atoms with E-state index >= 15 is 0 Å². The highest BCUT2D eigenvalue weighted by Crippen LogP contribution is 2.33. The highest BCUT2D eigenvalue weighted by atomic mass is 32.2. The number of esters is 1. The fourth-order valence-electron chi connectivity index (χ4n) is 4.22. The standard InChI is InChI=1S/C26H36N4O6S/c1-6-10-22-21-17-23(27-26(32)25(21)29(5)28-22)20-16-19(11-12-24(20)36-14-7-2)37(33,34)30(8-3)13-9-15-35-18(4)31/h11-12,16-17H,6-10,13-15H2,1-5H3,(H,27,32). The topological polar surface area (TPSA) is 124 Å². The minimum absolute atomic E-state index is 0.0848. The minimum Gasteiger partial charge on any atom is -0.493 e. The Morgan fingerprint density at radius 3 is 2.54 bits per heavy atom. The summed E-state index contributed by atoms with van der Waals surface area (Å²) in [5.74, 6) is 0.0783. The fourth-order valence-corrected chi connectivity index (χ4v) is 5.73. The molecule has 0 aliphatic carbocycles. The number of aromatic nitrogens is 3. The van der Waals surface area contributed by atoms with Crippen LogP contribution in [0.1, 0.15) is 52.7 Å². The zero-order valence-corrected chi connectivity index (χ0v) is 23.0. The Kier molecular flexibility index (Phi) is 9.50. The lowest BCUT2D eigenvalue weighted by molar-refractivity contribution is -0.141. The second-order valence-electron chi connectivity index (χ2n) is 8.79. The van der Waals surface area contributed by atoms with Crippen molar-refractivity contribution in [3.05, 3.63) is 40.3 Å². The lowest BCUT2D eigenvalue weighted by Gasteiger charge is -2.21.